The van der Waals surface area contributed by atoms with Crippen molar-refractivity contribution in [1.29, 1.82) is 0 Å². The number of carbonyl (C=O) groups is 2. The zero-order valence-electron chi connectivity index (χ0n) is 13.6. The van der Waals surface area contributed by atoms with Crippen LogP contribution in [0.5, 0.6) is 0 Å². The predicted octanol–water partition coefficient (Wildman–Crippen LogP) is 1.87. The Labute approximate surface area is 140 Å². The lowest BCUT2D eigenvalue weighted by Gasteiger charge is -2.19. The topological polar surface area (TPSA) is 107 Å². The van der Waals surface area contributed by atoms with Crippen LogP contribution in [0.3, 0.4) is 0 Å². The molecule has 0 bridgehead atoms. The number of anilines is 1. The Balaban J connectivity index is 2.18. The summed E-state index contributed by atoms with van der Waals surface area (Å²) in [7, 11) is 0. The van der Waals surface area contributed by atoms with Crippen molar-refractivity contribution in [3.8, 4) is 0 Å². The van der Waals surface area contributed by atoms with Gasteiger partial charge in [-0.25, -0.2) is 9.97 Å². The number of hydrogen-bond acceptors (Lipinski definition) is 6. The second-order valence-electron chi connectivity index (χ2n) is 5.47. The molecule has 1 aromatic heterocycles. The van der Waals surface area contributed by atoms with Crippen molar-refractivity contribution in [1.82, 2.24) is 15.3 Å². The zero-order chi connectivity index (χ0) is 17.5. The van der Waals surface area contributed by atoms with Crippen LogP contribution in [-0.2, 0) is 9.53 Å². The number of nitrogens with zero attached hydrogens (tertiary/aromatic N) is 2. The van der Waals surface area contributed by atoms with Crippen molar-refractivity contribution in [2.75, 3.05) is 5.73 Å². The fourth-order valence-electron chi connectivity index (χ4n) is 2.17. The molecule has 0 fully saturated rings. The number of nitrogens with one attached hydrogen (secondary N) is 1. The van der Waals surface area contributed by atoms with Crippen LogP contribution in [0.25, 0.3) is 0 Å². The van der Waals surface area contributed by atoms with E-state index in [1.807, 2.05) is 30.3 Å². The van der Waals surface area contributed by atoms with E-state index in [2.05, 4.69) is 15.3 Å². The molecule has 3 N–H and O–H groups in total. The monoisotopic (exact) mass is 328 g/mol. The summed E-state index contributed by atoms with van der Waals surface area (Å²) in [5.41, 5.74) is 6.49. The number of rotatable bonds is 6. The Morgan fingerprint density at radius 3 is 2.46 bits per heavy atom. The Bertz CT molecular complexity index is 704. The lowest BCUT2D eigenvalue weighted by atomic mass is 10.0. The van der Waals surface area contributed by atoms with Crippen LogP contribution in [0.1, 0.15) is 42.4 Å². The molecule has 1 aromatic carbocycles. The van der Waals surface area contributed by atoms with E-state index in [4.69, 9.17) is 10.5 Å². The fraction of sp³-hybridized carbons (Fsp3) is 0.294. The van der Waals surface area contributed by atoms with Gasteiger partial charge in [-0.3, -0.25) is 9.59 Å². The minimum atomic E-state index is -0.550. The van der Waals surface area contributed by atoms with Crippen molar-refractivity contribution < 1.29 is 14.3 Å². The molecule has 0 aliphatic carbocycles. The van der Waals surface area contributed by atoms with Gasteiger partial charge in [0.15, 0.2) is 11.5 Å². The summed E-state index contributed by atoms with van der Waals surface area (Å²) in [5.74, 6) is -0.857. The number of carbonyl (C=O) groups excluding carboxylic acids is 2. The summed E-state index contributed by atoms with van der Waals surface area (Å²) in [6.07, 6.45) is 2.57. The molecule has 0 radical (unpaired) electrons. The van der Waals surface area contributed by atoms with Gasteiger partial charge in [0.2, 0.25) is 0 Å². The Morgan fingerprint density at radius 2 is 1.83 bits per heavy atom. The van der Waals surface area contributed by atoms with Crippen LogP contribution in [-0.4, -0.2) is 27.9 Å². The van der Waals surface area contributed by atoms with Crippen LogP contribution in [0, 0.1) is 0 Å². The third-order valence-corrected chi connectivity index (χ3v) is 3.19. The van der Waals surface area contributed by atoms with Crippen molar-refractivity contribution in [2.45, 2.75) is 32.4 Å². The van der Waals surface area contributed by atoms with Gasteiger partial charge in [-0.2, -0.15) is 0 Å². The molecule has 0 aliphatic heterocycles. The van der Waals surface area contributed by atoms with E-state index >= 15 is 0 Å². The lowest BCUT2D eigenvalue weighted by molar-refractivity contribution is -0.147. The second-order valence-corrected chi connectivity index (χ2v) is 5.47. The van der Waals surface area contributed by atoms with E-state index in [0.717, 1.165) is 5.56 Å². The zero-order valence-corrected chi connectivity index (χ0v) is 13.6. The van der Waals surface area contributed by atoms with E-state index in [1.165, 1.54) is 12.4 Å². The third-order valence-electron chi connectivity index (χ3n) is 3.19. The molecule has 0 saturated heterocycles. The third kappa shape index (κ3) is 4.77. The number of benzene rings is 1. The summed E-state index contributed by atoms with van der Waals surface area (Å²) >= 11 is 0. The highest BCUT2D eigenvalue weighted by molar-refractivity contribution is 5.96. The van der Waals surface area contributed by atoms with Gasteiger partial charge in [0.1, 0.15) is 0 Å². The normalized spacial score (nSPS) is 11.8. The summed E-state index contributed by atoms with van der Waals surface area (Å²) in [6.45, 7) is 3.54. The first-order chi connectivity index (χ1) is 11.5. The number of hydrogen-bond donors (Lipinski definition) is 2. The average molecular weight is 328 g/mol. The number of ether oxygens (including phenoxy) is 1. The van der Waals surface area contributed by atoms with Crippen molar-refractivity contribution in [3.05, 3.63) is 54.0 Å². The minimum absolute atomic E-state index is 0.00804. The molecule has 126 valence electrons. The SMILES string of the molecule is CC(C)OC(=O)CC(NC(=O)c1nccnc1N)c1ccccc1. The van der Waals surface area contributed by atoms with E-state index in [9.17, 15) is 9.59 Å². The molecule has 24 heavy (non-hydrogen) atoms. The van der Waals surface area contributed by atoms with Gasteiger partial charge in [-0.1, -0.05) is 30.3 Å². The Hall–Kier alpha value is -2.96. The van der Waals surface area contributed by atoms with Gasteiger partial charge >= 0.3 is 5.97 Å². The van der Waals surface area contributed by atoms with Crippen LogP contribution in [0.2, 0.25) is 0 Å². The van der Waals surface area contributed by atoms with Crippen LogP contribution in [0.15, 0.2) is 42.7 Å². The molecule has 7 nitrogen and oxygen atoms in total. The number of nitrogens with two attached hydrogens (primary N) is 1. The van der Waals surface area contributed by atoms with Gasteiger partial charge < -0.3 is 15.8 Å². The smallest absolute Gasteiger partial charge is 0.308 e. The van der Waals surface area contributed by atoms with E-state index < -0.39 is 17.9 Å². The Morgan fingerprint density at radius 1 is 1.17 bits per heavy atom. The van der Waals surface area contributed by atoms with Crippen LogP contribution < -0.4 is 11.1 Å². The number of nitrogen functional groups attached to an aromatic ring is 1. The quantitative estimate of drug-likeness (QED) is 0.784. The molecular formula is C17H20N4O3. The molecule has 1 atom stereocenters. The van der Waals surface area contributed by atoms with Crippen LogP contribution in [0.4, 0.5) is 5.82 Å². The maximum Gasteiger partial charge on any atom is 0.308 e. The number of amides is 1. The highest BCUT2D eigenvalue weighted by Gasteiger charge is 2.22. The van der Waals surface area contributed by atoms with Crippen molar-refractivity contribution >= 4 is 17.7 Å². The van der Waals surface area contributed by atoms with E-state index in [0.29, 0.717) is 0 Å². The predicted molar refractivity (Wildman–Crippen MR) is 88.9 cm³/mol. The second kappa shape index (κ2) is 8.05. The van der Waals surface area contributed by atoms with Crippen molar-refractivity contribution in [2.24, 2.45) is 0 Å². The maximum atomic E-state index is 12.4. The molecule has 0 aliphatic rings. The first kappa shape index (κ1) is 17.4. The van der Waals surface area contributed by atoms with Gasteiger partial charge in [0.05, 0.1) is 18.6 Å². The lowest BCUT2D eigenvalue weighted by Crippen LogP contribution is -2.32. The molecule has 7 heteroatoms. The number of aromatic nitrogens is 2. The summed E-state index contributed by atoms with van der Waals surface area (Å²) in [4.78, 5) is 32.2. The minimum Gasteiger partial charge on any atom is -0.463 e. The highest BCUT2D eigenvalue weighted by Crippen LogP contribution is 2.19. The highest BCUT2D eigenvalue weighted by atomic mass is 16.5. The standard InChI is InChI=1S/C17H20N4O3/c1-11(2)24-14(22)10-13(12-6-4-3-5-7-12)21-17(23)15-16(18)20-9-8-19-15/h3-9,11,13H,10H2,1-2H3,(H2,18,20)(H,21,23). The van der Waals surface area contributed by atoms with Gasteiger partial charge in [-0.05, 0) is 19.4 Å². The Kier molecular flexibility index (Phi) is 5.83. The van der Waals surface area contributed by atoms with Crippen LogP contribution >= 0.6 is 0 Å². The van der Waals surface area contributed by atoms with E-state index in [-0.39, 0.29) is 24.0 Å². The van der Waals surface area contributed by atoms with E-state index in [1.54, 1.807) is 13.8 Å². The largest absolute Gasteiger partial charge is 0.463 e. The molecule has 1 amide bonds. The maximum absolute atomic E-state index is 12.4. The first-order valence-corrected chi connectivity index (χ1v) is 7.59. The molecular weight excluding hydrogens is 308 g/mol. The molecule has 1 unspecified atom stereocenters. The molecule has 2 rings (SSSR count). The summed E-state index contributed by atoms with van der Waals surface area (Å²) in [6, 6.07) is 8.63. The summed E-state index contributed by atoms with van der Waals surface area (Å²) < 4.78 is 5.17. The fourth-order valence-corrected chi connectivity index (χ4v) is 2.17. The van der Waals surface area contributed by atoms with Crippen molar-refractivity contribution in [3.63, 3.8) is 0 Å². The molecule has 2 aromatic rings. The molecule has 0 spiro atoms. The number of esters is 1. The molecule has 1 heterocycles. The van der Waals surface area contributed by atoms with Gasteiger partial charge in [0, 0.05) is 12.4 Å². The average Bonchev–Trinajstić information content (AvgIpc) is 2.54. The first-order valence-electron chi connectivity index (χ1n) is 7.59. The van der Waals surface area contributed by atoms with Gasteiger partial charge in [-0.15, -0.1) is 0 Å². The van der Waals surface area contributed by atoms with Gasteiger partial charge in [0.25, 0.3) is 5.91 Å². The summed E-state index contributed by atoms with van der Waals surface area (Å²) in [5, 5.41) is 2.77. The molecule has 0 saturated carbocycles.